The van der Waals surface area contributed by atoms with Gasteiger partial charge in [0.1, 0.15) is 5.69 Å². The van der Waals surface area contributed by atoms with Crippen LogP contribution in [0.5, 0.6) is 0 Å². The number of hydrogen-bond acceptors (Lipinski definition) is 2. The number of carbonyl (C=O) groups excluding carboxylic acids is 1. The molecule has 0 atom stereocenters. The van der Waals surface area contributed by atoms with Gasteiger partial charge in [0.15, 0.2) is 0 Å². The zero-order chi connectivity index (χ0) is 13.9. The highest BCUT2D eigenvalue weighted by Crippen LogP contribution is 2.24. The van der Waals surface area contributed by atoms with Gasteiger partial charge in [-0.1, -0.05) is 36.4 Å². The van der Waals surface area contributed by atoms with E-state index in [1.165, 1.54) is 7.11 Å². The second-order valence-corrected chi connectivity index (χ2v) is 4.39. The molecule has 20 heavy (non-hydrogen) atoms. The lowest BCUT2D eigenvalue weighted by Crippen LogP contribution is -2.24. The van der Waals surface area contributed by atoms with E-state index < -0.39 is 0 Å². The average molecular weight is 266 g/mol. The summed E-state index contributed by atoms with van der Waals surface area (Å²) in [5.41, 5.74) is 4.84. The highest BCUT2D eigenvalue weighted by molar-refractivity contribution is 5.99. The average Bonchev–Trinajstić information content (AvgIpc) is 2.88. The Balaban J connectivity index is 2.26. The minimum absolute atomic E-state index is 0.271. The number of benzene rings is 2. The van der Waals surface area contributed by atoms with Gasteiger partial charge in [0.2, 0.25) is 0 Å². The molecular weight excluding hydrogens is 252 g/mol. The van der Waals surface area contributed by atoms with Crippen molar-refractivity contribution in [2.24, 2.45) is 0 Å². The van der Waals surface area contributed by atoms with Crippen molar-refractivity contribution in [1.29, 1.82) is 0 Å². The molecule has 0 bridgehead atoms. The molecule has 0 aliphatic rings. The Morgan fingerprint density at radius 3 is 2.50 bits per heavy atom. The Hall–Kier alpha value is -2.59. The van der Waals surface area contributed by atoms with Crippen LogP contribution in [0, 0.1) is 0 Å². The Morgan fingerprint density at radius 1 is 1.05 bits per heavy atom. The molecule has 4 nitrogen and oxygen atoms in total. The molecule has 4 heteroatoms. The van der Waals surface area contributed by atoms with Crippen molar-refractivity contribution in [3.63, 3.8) is 0 Å². The lowest BCUT2D eigenvalue weighted by atomic mass is 10.2. The monoisotopic (exact) mass is 266 g/mol. The maximum atomic E-state index is 12.2. The predicted octanol–water partition coefficient (Wildman–Crippen LogP) is 2.92. The van der Waals surface area contributed by atoms with Gasteiger partial charge in [0.25, 0.3) is 5.91 Å². The van der Waals surface area contributed by atoms with Gasteiger partial charge in [-0.15, -0.1) is 0 Å². The zero-order valence-corrected chi connectivity index (χ0v) is 11.0. The summed E-state index contributed by atoms with van der Waals surface area (Å²) in [6, 6.07) is 19.5. The molecule has 2 aromatic carbocycles. The van der Waals surface area contributed by atoms with Gasteiger partial charge in [-0.3, -0.25) is 9.63 Å². The van der Waals surface area contributed by atoms with Crippen molar-refractivity contribution < 1.29 is 9.63 Å². The SMILES string of the molecule is CONC(=O)c1cc2ccccc2n1-c1ccccc1. The summed E-state index contributed by atoms with van der Waals surface area (Å²) in [7, 11) is 1.42. The first-order valence-electron chi connectivity index (χ1n) is 6.30. The van der Waals surface area contributed by atoms with Crippen LogP contribution in [-0.2, 0) is 4.84 Å². The number of rotatable bonds is 3. The molecule has 1 N–H and O–H groups in total. The minimum Gasteiger partial charge on any atom is -0.305 e. The summed E-state index contributed by atoms with van der Waals surface area (Å²) in [5, 5.41) is 1.01. The molecule has 0 saturated heterocycles. The number of aromatic nitrogens is 1. The molecule has 0 spiro atoms. The van der Waals surface area contributed by atoms with Gasteiger partial charge in [-0.05, 0) is 24.3 Å². The first kappa shape index (κ1) is 12.4. The number of nitrogens with zero attached hydrogens (tertiary/aromatic N) is 1. The van der Waals surface area contributed by atoms with E-state index in [-0.39, 0.29) is 5.91 Å². The van der Waals surface area contributed by atoms with Crippen molar-refractivity contribution >= 4 is 16.8 Å². The van der Waals surface area contributed by atoms with Crippen molar-refractivity contribution in [2.75, 3.05) is 7.11 Å². The van der Waals surface area contributed by atoms with E-state index in [9.17, 15) is 4.79 Å². The first-order chi connectivity index (χ1) is 9.81. The van der Waals surface area contributed by atoms with Crippen LogP contribution in [0.4, 0.5) is 0 Å². The van der Waals surface area contributed by atoms with Crippen molar-refractivity contribution in [1.82, 2.24) is 10.0 Å². The highest BCUT2D eigenvalue weighted by Gasteiger charge is 2.16. The number of hydroxylamine groups is 1. The maximum Gasteiger partial charge on any atom is 0.291 e. The topological polar surface area (TPSA) is 43.3 Å². The van der Waals surface area contributed by atoms with Crippen molar-refractivity contribution in [3.05, 3.63) is 66.4 Å². The Kier molecular flexibility index (Phi) is 3.23. The van der Waals surface area contributed by atoms with Crippen LogP contribution in [0.1, 0.15) is 10.5 Å². The first-order valence-corrected chi connectivity index (χ1v) is 6.30. The van der Waals surface area contributed by atoms with Crippen LogP contribution in [0.15, 0.2) is 60.7 Å². The van der Waals surface area contributed by atoms with E-state index in [0.717, 1.165) is 16.6 Å². The normalized spacial score (nSPS) is 10.7. The molecule has 0 fully saturated rings. The van der Waals surface area contributed by atoms with Crippen LogP contribution in [0.2, 0.25) is 0 Å². The van der Waals surface area contributed by atoms with E-state index in [0.29, 0.717) is 5.69 Å². The molecule has 0 aliphatic heterocycles. The fourth-order valence-electron chi connectivity index (χ4n) is 2.32. The standard InChI is InChI=1S/C16H14N2O2/c1-20-17-16(19)15-11-12-7-5-6-10-14(12)18(15)13-8-3-2-4-9-13/h2-11H,1H3,(H,17,19). The van der Waals surface area contributed by atoms with Gasteiger partial charge in [0.05, 0.1) is 12.6 Å². The summed E-state index contributed by atoms with van der Waals surface area (Å²) in [5.74, 6) is -0.271. The Bertz CT molecular complexity index is 748. The van der Waals surface area contributed by atoms with E-state index in [4.69, 9.17) is 4.84 Å². The summed E-state index contributed by atoms with van der Waals surface area (Å²) in [6.45, 7) is 0. The Morgan fingerprint density at radius 2 is 1.75 bits per heavy atom. The van der Waals surface area contributed by atoms with Gasteiger partial charge < -0.3 is 4.57 Å². The van der Waals surface area contributed by atoms with Crippen molar-refractivity contribution in [3.8, 4) is 5.69 Å². The van der Waals surface area contributed by atoms with Crippen LogP contribution >= 0.6 is 0 Å². The number of hydrogen-bond donors (Lipinski definition) is 1. The molecule has 1 aromatic heterocycles. The third-order valence-corrected chi connectivity index (χ3v) is 3.15. The largest absolute Gasteiger partial charge is 0.305 e. The second kappa shape index (κ2) is 5.19. The van der Waals surface area contributed by atoms with E-state index in [1.54, 1.807) is 0 Å². The van der Waals surface area contributed by atoms with Crippen molar-refractivity contribution in [2.45, 2.75) is 0 Å². The molecule has 3 aromatic rings. The molecule has 0 aliphatic carbocycles. The van der Waals surface area contributed by atoms with Crippen LogP contribution in [0.3, 0.4) is 0 Å². The summed E-state index contributed by atoms with van der Waals surface area (Å²) >= 11 is 0. The smallest absolute Gasteiger partial charge is 0.291 e. The third-order valence-electron chi connectivity index (χ3n) is 3.15. The molecule has 0 unspecified atom stereocenters. The zero-order valence-electron chi connectivity index (χ0n) is 11.0. The van der Waals surface area contributed by atoms with Gasteiger partial charge >= 0.3 is 0 Å². The van der Waals surface area contributed by atoms with Gasteiger partial charge in [-0.25, -0.2) is 5.48 Å². The van der Waals surface area contributed by atoms with Crippen LogP contribution in [-0.4, -0.2) is 17.6 Å². The molecule has 0 radical (unpaired) electrons. The molecular formula is C16H14N2O2. The summed E-state index contributed by atoms with van der Waals surface area (Å²) in [6.07, 6.45) is 0. The van der Waals surface area contributed by atoms with Gasteiger partial charge in [-0.2, -0.15) is 0 Å². The maximum absolute atomic E-state index is 12.2. The van der Waals surface area contributed by atoms with E-state index in [1.807, 2.05) is 65.2 Å². The quantitative estimate of drug-likeness (QED) is 0.741. The second-order valence-electron chi connectivity index (χ2n) is 4.39. The number of carbonyl (C=O) groups is 1. The number of amides is 1. The fourth-order valence-corrected chi connectivity index (χ4v) is 2.32. The number of fused-ring (bicyclic) bond motifs is 1. The van der Waals surface area contributed by atoms with Crippen LogP contribution in [0.25, 0.3) is 16.6 Å². The number of nitrogens with one attached hydrogen (secondary N) is 1. The molecule has 100 valence electrons. The Labute approximate surface area is 116 Å². The third kappa shape index (κ3) is 2.06. The fraction of sp³-hybridized carbons (Fsp3) is 0.0625. The lowest BCUT2D eigenvalue weighted by molar-refractivity contribution is 0.0531. The van der Waals surface area contributed by atoms with E-state index >= 15 is 0 Å². The lowest BCUT2D eigenvalue weighted by Gasteiger charge is -2.10. The molecule has 1 amide bonds. The van der Waals surface area contributed by atoms with Crippen LogP contribution < -0.4 is 5.48 Å². The molecule has 1 heterocycles. The van der Waals surface area contributed by atoms with E-state index in [2.05, 4.69) is 5.48 Å². The molecule has 3 rings (SSSR count). The van der Waals surface area contributed by atoms with Gasteiger partial charge in [0, 0.05) is 11.1 Å². The predicted molar refractivity (Wildman–Crippen MR) is 77.8 cm³/mol. The minimum atomic E-state index is -0.271. The summed E-state index contributed by atoms with van der Waals surface area (Å²) in [4.78, 5) is 16.9. The molecule has 0 saturated carbocycles. The highest BCUT2D eigenvalue weighted by atomic mass is 16.6. The number of para-hydroxylation sites is 2. The summed E-state index contributed by atoms with van der Waals surface area (Å²) < 4.78 is 1.92.